The van der Waals surface area contributed by atoms with Gasteiger partial charge in [-0.3, -0.25) is 4.79 Å². The molecule has 0 N–H and O–H groups in total. The van der Waals surface area contributed by atoms with E-state index in [1.165, 1.54) is 5.01 Å². The van der Waals surface area contributed by atoms with E-state index >= 15 is 0 Å². The van der Waals surface area contributed by atoms with Crippen LogP contribution in [0.2, 0.25) is 0 Å². The minimum absolute atomic E-state index is 0.179. The number of benzene rings is 3. The second-order valence-corrected chi connectivity index (χ2v) is 5.62. The van der Waals surface area contributed by atoms with Gasteiger partial charge >= 0.3 is 0 Å². The van der Waals surface area contributed by atoms with Crippen LogP contribution in [0, 0.1) is 0 Å². The Morgan fingerprint density at radius 2 is 1.54 bits per heavy atom. The van der Waals surface area contributed by atoms with Gasteiger partial charge in [-0.05, 0) is 48.9 Å². The highest BCUT2D eigenvalue weighted by atomic mass is 16.5. The van der Waals surface area contributed by atoms with Gasteiger partial charge in [0.1, 0.15) is 12.4 Å². The van der Waals surface area contributed by atoms with Crippen molar-refractivity contribution in [2.75, 3.05) is 5.01 Å². The highest BCUT2D eigenvalue weighted by Gasteiger charge is 2.16. The summed E-state index contributed by atoms with van der Waals surface area (Å²) < 4.78 is 5.79. The predicted molar refractivity (Wildman–Crippen MR) is 105 cm³/mol. The van der Waals surface area contributed by atoms with E-state index in [4.69, 9.17) is 4.74 Å². The minimum atomic E-state index is -0.179. The first-order valence-electron chi connectivity index (χ1n) is 8.43. The molecule has 3 rings (SSSR count). The molecular formula is C22H20N2O2. The summed E-state index contributed by atoms with van der Waals surface area (Å²) in [5.74, 6) is 0.562. The van der Waals surface area contributed by atoms with Gasteiger partial charge in [-0.2, -0.15) is 10.1 Å². The number of hydrogen-bond donors (Lipinski definition) is 0. The molecule has 3 aromatic rings. The molecule has 0 saturated carbocycles. The molecule has 0 aliphatic heterocycles. The first-order chi connectivity index (χ1) is 12.8. The number of carbonyl (C=O) groups is 1. The highest BCUT2D eigenvalue weighted by molar-refractivity contribution is 6.06. The average molecular weight is 344 g/mol. The van der Waals surface area contributed by atoms with Crippen LogP contribution in [0.5, 0.6) is 5.75 Å². The third-order valence-corrected chi connectivity index (χ3v) is 3.77. The first-order valence-corrected chi connectivity index (χ1v) is 8.43. The van der Waals surface area contributed by atoms with Crippen molar-refractivity contribution in [2.24, 2.45) is 5.10 Å². The molecule has 0 fully saturated rings. The van der Waals surface area contributed by atoms with Gasteiger partial charge in [0.25, 0.3) is 5.91 Å². The van der Waals surface area contributed by atoms with Crippen LogP contribution < -0.4 is 9.75 Å². The van der Waals surface area contributed by atoms with Crippen LogP contribution >= 0.6 is 0 Å². The summed E-state index contributed by atoms with van der Waals surface area (Å²) >= 11 is 0. The molecule has 4 heteroatoms. The van der Waals surface area contributed by atoms with Crippen LogP contribution in [0.25, 0.3) is 0 Å². The van der Waals surface area contributed by atoms with Crippen molar-refractivity contribution in [1.82, 2.24) is 0 Å². The molecule has 0 heterocycles. The van der Waals surface area contributed by atoms with Gasteiger partial charge in [-0.15, -0.1) is 0 Å². The SMILES string of the molecule is CC=NN(C(=O)c1ccccc1)c1ccc(OCc2ccccc2)cc1. The van der Waals surface area contributed by atoms with E-state index < -0.39 is 0 Å². The molecule has 0 atom stereocenters. The molecular weight excluding hydrogens is 324 g/mol. The first kappa shape index (κ1) is 17.4. The van der Waals surface area contributed by atoms with E-state index in [1.807, 2.05) is 72.8 Å². The van der Waals surface area contributed by atoms with Gasteiger partial charge in [-0.1, -0.05) is 48.5 Å². The second kappa shape index (κ2) is 8.62. The number of anilines is 1. The number of rotatable bonds is 6. The summed E-state index contributed by atoms with van der Waals surface area (Å²) in [6.07, 6.45) is 1.60. The van der Waals surface area contributed by atoms with Crippen LogP contribution in [-0.4, -0.2) is 12.1 Å². The Balaban J connectivity index is 1.73. The number of ether oxygens (including phenoxy) is 1. The fraction of sp³-hybridized carbons (Fsp3) is 0.0909. The van der Waals surface area contributed by atoms with E-state index in [-0.39, 0.29) is 5.91 Å². The Kier molecular flexibility index (Phi) is 5.78. The summed E-state index contributed by atoms with van der Waals surface area (Å²) in [6, 6.07) is 26.4. The normalized spacial score (nSPS) is 10.7. The van der Waals surface area contributed by atoms with Crippen LogP contribution in [0.3, 0.4) is 0 Å². The van der Waals surface area contributed by atoms with Gasteiger partial charge in [0.2, 0.25) is 0 Å². The molecule has 26 heavy (non-hydrogen) atoms. The second-order valence-electron chi connectivity index (χ2n) is 5.62. The largest absolute Gasteiger partial charge is 0.489 e. The summed E-state index contributed by atoms with van der Waals surface area (Å²) in [4.78, 5) is 12.7. The van der Waals surface area contributed by atoms with Crippen LogP contribution in [-0.2, 0) is 6.61 Å². The van der Waals surface area contributed by atoms with Crippen molar-refractivity contribution < 1.29 is 9.53 Å². The van der Waals surface area contributed by atoms with Crippen molar-refractivity contribution in [1.29, 1.82) is 0 Å². The standard InChI is InChI=1S/C22H20N2O2/c1-2-23-24(22(25)19-11-7-4-8-12-19)20-13-15-21(16-14-20)26-17-18-9-5-3-6-10-18/h2-16H,17H2,1H3. The predicted octanol–water partition coefficient (Wildman–Crippen LogP) is 4.92. The highest BCUT2D eigenvalue weighted by Crippen LogP contribution is 2.22. The lowest BCUT2D eigenvalue weighted by atomic mass is 10.2. The molecule has 4 nitrogen and oxygen atoms in total. The Bertz CT molecular complexity index is 860. The van der Waals surface area contributed by atoms with Gasteiger partial charge in [0.05, 0.1) is 5.69 Å². The molecule has 0 spiro atoms. The summed E-state index contributed by atoms with van der Waals surface area (Å²) in [5, 5.41) is 5.60. The van der Waals surface area contributed by atoms with Crippen molar-refractivity contribution >= 4 is 17.8 Å². The van der Waals surface area contributed by atoms with E-state index in [2.05, 4.69) is 5.10 Å². The third-order valence-electron chi connectivity index (χ3n) is 3.77. The molecule has 0 aromatic heterocycles. The lowest BCUT2D eigenvalue weighted by Gasteiger charge is -2.17. The monoisotopic (exact) mass is 344 g/mol. The van der Waals surface area contributed by atoms with E-state index in [0.29, 0.717) is 17.9 Å². The van der Waals surface area contributed by atoms with E-state index in [9.17, 15) is 4.79 Å². The van der Waals surface area contributed by atoms with E-state index in [1.54, 1.807) is 25.3 Å². The number of hydrogen-bond acceptors (Lipinski definition) is 3. The molecule has 0 radical (unpaired) electrons. The lowest BCUT2D eigenvalue weighted by Crippen LogP contribution is -2.25. The van der Waals surface area contributed by atoms with Crippen molar-refractivity contribution in [3.63, 3.8) is 0 Å². The van der Waals surface area contributed by atoms with E-state index in [0.717, 1.165) is 11.3 Å². The number of nitrogens with zero attached hydrogens (tertiary/aromatic N) is 2. The Morgan fingerprint density at radius 1 is 0.923 bits per heavy atom. The smallest absolute Gasteiger partial charge is 0.278 e. The topological polar surface area (TPSA) is 41.9 Å². The van der Waals surface area contributed by atoms with Crippen LogP contribution in [0.1, 0.15) is 22.8 Å². The quantitative estimate of drug-likeness (QED) is 0.470. The summed E-state index contributed by atoms with van der Waals surface area (Å²) in [5.41, 5.74) is 2.37. The maximum Gasteiger partial charge on any atom is 0.278 e. The summed E-state index contributed by atoms with van der Waals surface area (Å²) in [6.45, 7) is 2.28. The maximum atomic E-state index is 12.7. The Labute approximate surface area is 153 Å². The molecule has 1 amide bonds. The molecule has 0 bridgehead atoms. The Hall–Kier alpha value is -3.40. The molecule has 0 aliphatic carbocycles. The zero-order valence-corrected chi connectivity index (χ0v) is 14.6. The van der Waals surface area contributed by atoms with Crippen LogP contribution in [0.4, 0.5) is 5.69 Å². The van der Waals surface area contributed by atoms with Crippen molar-refractivity contribution in [2.45, 2.75) is 13.5 Å². The molecule has 130 valence electrons. The summed E-state index contributed by atoms with van der Waals surface area (Å²) in [7, 11) is 0. The number of hydrazone groups is 1. The molecule has 3 aromatic carbocycles. The fourth-order valence-corrected chi connectivity index (χ4v) is 2.48. The maximum absolute atomic E-state index is 12.7. The average Bonchev–Trinajstić information content (AvgIpc) is 2.72. The molecule has 0 unspecified atom stereocenters. The van der Waals surface area contributed by atoms with Crippen molar-refractivity contribution in [3.05, 3.63) is 96.1 Å². The minimum Gasteiger partial charge on any atom is -0.489 e. The van der Waals surface area contributed by atoms with Crippen LogP contribution in [0.15, 0.2) is 90.0 Å². The third kappa shape index (κ3) is 4.36. The zero-order chi connectivity index (χ0) is 18.2. The fourth-order valence-electron chi connectivity index (χ4n) is 2.48. The lowest BCUT2D eigenvalue weighted by molar-refractivity contribution is 0.0987. The molecule has 0 saturated heterocycles. The zero-order valence-electron chi connectivity index (χ0n) is 14.6. The van der Waals surface area contributed by atoms with Crippen molar-refractivity contribution in [3.8, 4) is 5.75 Å². The van der Waals surface area contributed by atoms with Gasteiger partial charge in [-0.25, -0.2) is 0 Å². The van der Waals surface area contributed by atoms with Gasteiger partial charge in [0, 0.05) is 11.8 Å². The Morgan fingerprint density at radius 3 is 2.15 bits per heavy atom. The number of amides is 1. The number of carbonyl (C=O) groups excluding carboxylic acids is 1. The van der Waals surface area contributed by atoms with Gasteiger partial charge < -0.3 is 4.74 Å². The molecule has 0 aliphatic rings. The van der Waals surface area contributed by atoms with Gasteiger partial charge in [0.15, 0.2) is 0 Å².